The van der Waals surface area contributed by atoms with Gasteiger partial charge in [-0.2, -0.15) is 4.39 Å². The Kier molecular flexibility index (Phi) is 10.2. The molecular weight excluding hydrogens is 500 g/mol. The summed E-state index contributed by atoms with van der Waals surface area (Å²) >= 11 is 0. The van der Waals surface area contributed by atoms with Crippen molar-refractivity contribution < 1.29 is 22.3 Å². The SMILES string of the molecule is C=CC1CCC(c2ccc(-c3ccc(-c4ccc(OCCCCCCCC)c(F)c4F)cc3)c(F)c2F)CC1. The lowest BCUT2D eigenvalue weighted by molar-refractivity contribution is 0.285. The molecule has 5 heteroatoms. The zero-order valence-corrected chi connectivity index (χ0v) is 22.8. The fourth-order valence-corrected chi connectivity index (χ4v) is 5.53. The molecule has 0 aromatic heterocycles. The van der Waals surface area contributed by atoms with Gasteiger partial charge in [0.1, 0.15) is 0 Å². The first-order valence-corrected chi connectivity index (χ1v) is 14.3. The highest BCUT2D eigenvalue weighted by atomic mass is 19.2. The van der Waals surface area contributed by atoms with Crippen LogP contribution in [0.5, 0.6) is 5.75 Å². The minimum atomic E-state index is -1.02. The first kappa shape index (κ1) is 28.9. The van der Waals surface area contributed by atoms with E-state index in [1.807, 2.05) is 6.08 Å². The molecule has 0 atom stereocenters. The van der Waals surface area contributed by atoms with Gasteiger partial charge in [0.15, 0.2) is 23.2 Å². The molecule has 0 aliphatic heterocycles. The average Bonchev–Trinajstić information content (AvgIpc) is 2.96. The zero-order chi connectivity index (χ0) is 27.8. The molecule has 1 aliphatic rings. The number of hydrogen-bond acceptors (Lipinski definition) is 1. The highest BCUT2D eigenvalue weighted by Crippen LogP contribution is 2.39. The molecule has 0 bridgehead atoms. The van der Waals surface area contributed by atoms with Crippen molar-refractivity contribution in [2.45, 2.75) is 77.0 Å². The Bertz CT molecular complexity index is 1240. The first-order chi connectivity index (χ1) is 18.9. The molecule has 39 heavy (non-hydrogen) atoms. The molecule has 4 rings (SSSR count). The molecule has 0 radical (unpaired) electrons. The van der Waals surface area contributed by atoms with Crippen LogP contribution in [-0.4, -0.2) is 6.61 Å². The van der Waals surface area contributed by atoms with E-state index in [1.165, 1.54) is 31.4 Å². The van der Waals surface area contributed by atoms with Crippen molar-refractivity contribution in [1.29, 1.82) is 0 Å². The highest BCUT2D eigenvalue weighted by Gasteiger charge is 2.25. The number of unbranched alkanes of at least 4 members (excludes halogenated alkanes) is 5. The molecule has 0 N–H and O–H groups in total. The molecule has 1 nitrogen and oxygen atoms in total. The number of hydrogen-bond donors (Lipinski definition) is 0. The van der Waals surface area contributed by atoms with E-state index in [2.05, 4.69) is 13.5 Å². The summed E-state index contributed by atoms with van der Waals surface area (Å²) < 4.78 is 65.3. The maximum atomic E-state index is 15.1. The maximum Gasteiger partial charge on any atom is 0.201 e. The number of ether oxygens (including phenoxy) is 1. The van der Waals surface area contributed by atoms with E-state index >= 15 is 8.78 Å². The maximum absolute atomic E-state index is 15.1. The average molecular weight is 539 g/mol. The van der Waals surface area contributed by atoms with Gasteiger partial charge in [0, 0.05) is 11.1 Å². The van der Waals surface area contributed by atoms with E-state index in [0.29, 0.717) is 29.2 Å². The van der Waals surface area contributed by atoms with Gasteiger partial charge in [-0.1, -0.05) is 81.5 Å². The first-order valence-electron chi connectivity index (χ1n) is 14.3. The third-order valence-corrected chi connectivity index (χ3v) is 7.97. The van der Waals surface area contributed by atoms with Gasteiger partial charge in [-0.05, 0) is 72.8 Å². The second kappa shape index (κ2) is 13.8. The van der Waals surface area contributed by atoms with Crippen LogP contribution in [0.3, 0.4) is 0 Å². The van der Waals surface area contributed by atoms with Crippen molar-refractivity contribution in [3.8, 4) is 28.0 Å². The van der Waals surface area contributed by atoms with Gasteiger partial charge in [0.2, 0.25) is 5.82 Å². The Hall–Kier alpha value is -3.08. The van der Waals surface area contributed by atoms with Crippen LogP contribution >= 0.6 is 0 Å². The van der Waals surface area contributed by atoms with Gasteiger partial charge in [0.25, 0.3) is 0 Å². The quantitative estimate of drug-likeness (QED) is 0.127. The zero-order valence-electron chi connectivity index (χ0n) is 22.8. The molecular formula is C34H38F4O. The summed E-state index contributed by atoms with van der Waals surface area (Å²) in [5, 5.41) is 0. The van der Waals surface area contributed by atoms with Crippen molar-refractivity contribution in [3.63, 3.8) is 0 Å². The monoisotopic (exact) mass is 538 g/mol. The van der Waals surface area contributed by atoms with Crippen molar-refractivity contribution in [2.24, 2.45) is 5.92 Å². The normalized spacial score (nSPS) is 17.3. The molecule has 3 aromatic rings. The fraction of sp³-hybridized carbons (Fsp3) is 0.412. The van der Waals surface area contributed by atoms with Gasteiger partial charge in [0.05, 0.1) is 6.61 Å². The Balaban J connectivity index is 1.43. The van der Waals surface area contributed by atoms with Gasteiger partial charge in [-0.3, -0.25) is 0 Å². The summed E-state index contributed by atoms with van der Waals surface area (Å²) in [6, 6.07) is 12.6. The minimum absolute atomic E-state index is 0.00254. The lowest BCUT2D eigenvalue weighted by Gasteiger charge is -2.27. The van der Waals surface area contributed by atoms with E-state index in [0.717, 1.165) is 44.9 Å². The summed E-state index contributed by atoms with van der Waals surface area (Å²) in [6.07, 6.45) is 11.9. The fourth-order valence-electron chi connectivity index (χ4n) is 5.53. The number of halogens is 4. The molecule has 0 unspecified atom stereocenters. The van der Waals surface area contributed by atoms with Gasteiger partial charge in [-0.15, -0.1) is 6.58 Å². The largest absolute Gasteiger partial charge is 0.490 e. The second-order valence-corrected chi connectivity index (χ2v) is 10.6. The molecule has 3 aromatic carbocycles. The predicted octanol–water partition coefficient (Wildman–Crippen LogP) is 10.8. The highest BCUT2D eigenvalue weighted by molar-refractivity contribution is 5.72. The Morgan fingerprint density at radius 1 is 0.692 bits per heavy atom. The lowest BCUT2D eigenvalue weighted by atomic mass is 9.78. The van der Waals surface area contributed by atoms with Crippen LogP contribution in [-0.2, 0) is 0 Å². The van der Waals surface area contributed by atoms with Crippen LogP contribution in [0, 0.1) is 29.2 Å². The molecule has 0 amide bonds. The van der Waals surface area contributed by atoms with Crippen LogP contribution in [0.1, 0.15) is 82.6 Å². The van der Waals surface area contributed by atoms with E-state index < -0.39 is 23.3 Å². The summed E-state index contributed by atoms with van der Waals surface area (Å²) in [6.45, 7) is 6.34. The van der Waals surface area contributed by atoms with E-state index in [1.54, 1.807) is 36.4 Å². The summed E-state index contributed by atoms with van der Waals surface area (Å²) in [5.74, 6) is -3.35. The van der Waals surface area contributed by atoms with Crippen LogP contribution in [0.25, 0.3) is 22.3 Å². The third-order valence-electron chi connectivity index (χ3n) is 7.97. The Labute approximate surface area is 229 Å². The van der Waals surface area contributed by atoms with Crippen molar-refractivity contribution in [3.05, 3.63) is 90.0 Å². The van der Waals surface area contributed by atoms with Crippen molar-refractivity contribution in [2.75, 3.05) is 6.61 Å². The second-order valence-electron chi connectivity index (χ2n) is 10.6. The topological polar surface area (TPSA) is 9.23 Å². The minimum Gasteiger partial charge on any atom is -0.490 e. The standard InChI is InChI=1S/C34H38F4O/c1-3-5-6-7-8-9-22-39-30-21-20-29(33(37)34(30)38)26-16-14-25(15-17-26)28-19-18-27(31(35)32(28)36)24-12-10-23(4-2)11-13-24/h4,14-21,23-24H,2-3,5-13,22H2,1H3. The Morgan fingerprint density at radius 2 is 1.26 bits per heavy atom. The molecule has 1 fully saturated rings. The lowest BCUT2D eigenvalue weighted by Crippen LogP contribution is -2.13. The molecule has 208 valence electrons. The van der Waals surface area contributed by atoms with Crippen molar-refractivity contribution >= 4 is 0 Å². The molecule has 1 aliphatic carbocycles. The summed E-state index contributed by atoms with van der Waals surface area (Å²) in [5.41, 5.74) is 1.56. The van der Waals surface area contributed by atoms with Crippen LogP contribution in [0.4, 0.5) is 17.6 Å². The molecule has 0 spiro atoms. The van der Waals surface area contributed by atoms with Crippen LogP contribution in [0.2, 0.25) is 0 Å². The Morgan fingerprint density at radius 3 is 1.87 bits per heavy atom. The van der Waals surface area contributed by atoms with Crippen LogP contribution < -0.4 is 4.74 Å². The van der Waals surface area contributed by atoms with Gasteiger partial charge >= 0.3 is 0 Å². The van der Waals surface area contributed by atoms with Crippen LogP contribution in [0.15, 0.2) is 61.2 Å². The smallest absolute Gasteiger partial charge is 0.201 e. The van der Waals surface area contributed by atoms with E-state index in [4.69, 9.17) is 4.74 Å². The molecule has 1 saturated carbocycles. The molecule has 0 heterocycles. The number of rotatable bonds is 12. The summed E-state index contributed by atoms with van der Waals surface area (Å²) in [7, 11) is 0. The van der Waals surface area contributed by atoms with Gasteiger partial charge in [-0.25, -0.2) is 13.2 Å². The molecule has 0 saturated heterocycles. The van der Waals surface area contributed by atoms with Gasteiger partial charge < -0.3 is 4.74 Å². The number of allylic oxidation sites excluding steroid dienone is 1. The summed E-state index contributed by atoms with van der Waals surface area (Å²) in [4.78, 5) is 0. The van der Waals surface area contributed by atoms with E-state index in [9.17, 15) is 8.78 Å². The van der Waals surface area contributed by atoms with E-state index in [-0.39, 0.29) is 22.8 Å². The number of benzene rings is 3. The predicted molar refractivity (Wildman–Crippen MR) is 151 cm³/mol. The van der Waals surface area contributed by atoms with Crippen molar-refractivity contribution in [1.82, 2.24) is 0 Å². The third kappa shape index (κ3) is 6.93.